The van der Waals surface area contributed by atoms with E-state index in [0.29, 0.717) is 22.3 Å². The van der Waals surface area contributed by atoms with Crippen LogP contribution in [-0.4, -0.2) is 23.6 Å². The minimum absolute atomic E-state index is 0.168. The number of esters is 2. The molecule has 0 saturated carbocycles. The maximum absolute atomic E-state index is 12.0. The monoisotopic (exact) mass is 360 g/mol. The fourth-order valence-electron chi connectivity index (χ4n) is 3.14. The summed E-state index contributed by atoms with van der Waals surface area (Å²) in [5.74, 6) is -0.497. The van der Waals surface area contributed by atoms with Gasteiger partial charge in [0.15, 0.2) is 12.2 Å². The molecule has 0 N–H and O–H groups in total. The Kier molecular flexibility index (Phi) is 4.48. The van der Waals surface area contributed by atoms with Crippen LogP contribution in [0.3, 0.4) is 0 Å². The first-order valence-corrected chi connectivity index (χ1v) is 8.35. The van der Waals surface area contributed by atoms with Crippen LogP contribution in [0.5, 0.6) is 5.75 Å². The minimum Gasteiger partial charge on any atom is -0.481 e. The van der Waals surface area contributed by atoms with E-state index in [1.165, 1.54) is 13.0 Å². The molecule has 0 fully saturated rings. The van der Waals surface area contributed by atoms with E-state index in [0.717, 1.165) is 0 Å². The second-order valence-electron chi connectivity index (χ2n) is 6.65. The van der Waals surface area contributed by atoms with E-state index in [1.54, 1.807) is 39.0 Å². The third-order valence-electron chi connectivity index (χ3n) is 4.24. The Morgan fingerprint density at radius 3 is 2.54 bits per heavy atom. The minimum atomic E-state index is -1.08. The normalized spacial score (nSPS) is 18.9. The lowest BCUT2D eigenvalue weighted by molar-refractivity contribution is -0.175. The lowest BCUT2D eigenvalue weighted by Crippen LogP contribution is -2.46. The molecule has 1 aliphatic heterocycles. The van der Waals surface area contributed by atoms with Crippen LogP contribution in [0.25, 0.3) is 11.0 Å². The van der Waals surface area contributed by atoms with Crippen molar-refractivity contribution >= 4 is 22.9 Å². The standard InChI is InChI=1S/C19H20O7/c1-5-13(21)24-17-15-12(23-18(17)19(3,4)26-10(2)20)8-6-11-7-9-14(22)25-16(11)15/h6-9,17-18H,5H2,1-4H3/t17-,18+/m1/s1. The Morgan fingerprint density at radius 2 is 1.88 bits per heavy atom. The maximum atomic E-state index is 12.0. The number of fused-ring (bicyclic) bond motifs is 3. The van der Waals surface area contributed by atoms with Gasteiger partial charge in [-0.3, -0.25) is 9.59 Å². The van der Waals surface area contributed by atoms with Gasteiger partial charge in [-0.1, -0.05) is 6.92 Å². The first-order chi connectivity index (χ1) is 12.2. The second-order valence-corrected chi connectivity index (χ2v) is 6.65. The third kappa shape index (κ3) is 3.16. The molecule has 0 saturated heterocycles. The molecule has 2 aromatic rings. The van der Waals surface area contributed by atoms with Crippen molar-refractivity contribution in [3.63, 3.8) is 0 Å². The van der Waals surface area contributed by atoms with E-state index >= 15 is 0 Å². The summed E-state index contributed by atoms with van der Waals surface area (Å²) in [6.45, 7) is 6.33. The predicted molar refractivity (Wildman–Crippen MR) is 91.9 cm³/mol. The molecule has 0 bridgehead atoms. The highest BCUT2D eigenvalue weighted by molar-refractivity contribution is 5.84. The van der Waals surface area contributed by atoms with Crippen LogP contribution in [0, 0.1) is 0 Å². The Bertz CT molecular complexity index is 925. The molecule has 0 spiro atoms. The molecule has 0 amide bonds. The van der Waals surface area contributed by atoms with E-state index in [1.807, 2.05) is 0 Å². The van der Waals surface area contributed by atoms with Crippen LogP contribution in [-0.2, 0) is 19.1 Å². The molecular weight excluding hydrogens is 340 g/mol. The summed E-state index contributed by atoms with van der Waals surface area (Å²) < 4.78 is 22.3. The summed E-state index contributed by atoms with van der Waals surface area (Å²) in [6.07, 6.45) is -1.49. The van der Waals surface area contributed by atoms with E-state index < -0.39 is 35.4 Å². The molecule has 1 aliphatic rings. The lowest BCUT2D eigenvalue weighted by atomic mass is 9.93. The van der Waals surface area contributed by atoms with Crippen molar-refractivity contribution in [2.75, 3.05) is 0 Å². The topological polar surface area (TPSA) is 92.0 Å². The second kappa shape index (κ2) is 6.48. The summed E-state index contributed by atoms with van der Waals surface area (Å²) in [7, 11) is 0. The van der Waals surface area contributed by atoms with Crippen LogP contribution in [0.4, 0.5) is 0 Å². The van der Waals surface area contributed by atoms with Gasteiger partial charge in [-0.2, -0.15) is 0 Å². The zero-order valence-electron chi connectivity index (χ0n) is 15.0. The van der Waals surface area contributed by atoms with Gasteiger partial charge in [0, 0.05) is 24.8 Å². The largest absolute Gasteiger partial charge is 0.481 e. The molecule has 2 heterocycles. The van der Waals surface area contributed by atoms with Crippen molar-refractivity contribution in [1.29, 1.82) is 0 Å². The summed E-state index contributed by atoms with van der Waals surface area (Å²) >= 11 is 0. The van der Waals surface area contributed by atoms with Crippen molar-refractivity contribution in [2.45, 2.75) is 51.9 Å². The van der Waals surface area contributed by atoms with Crippen LogP contribution < -0.4 is 10.4 Å². The Labute approximate surface area is 149 Å². The van der Waals surface area contributed by atoms with Crippen molar-refractivity contribution in [3.8, 4) is 5.75 Å². The molecule has 2 atom stereocenters. The fourth-order valence-corrected chi connectivity index (χ4v) is 3.14. The molecule has 0 aliphatic carbocycles. The van der Waals surface area contributed by atoms with Crippen molar-refractivity contribution in [3.05, 3.63) is 40.2 Å². The zero-order valence-corrected chi connectivity index (χ0v) is 15.0. The van der Waals surface area contributed by atoms with Gasteiger partial charge in [-0.05, 0) is 32.0 Å². The zero-order chi connectivity index (χ0) is 19.1. The molecule has 138 valence electrons. The molecule has 3 rings (SSSR count). The van der Waals surface area contributed by atoms with Crippen molar-refractivity contribution < 1.29 is 28.2 Å². The number of rotatable bonds is 4. The Balaban J connectivity index is 2.15. The third-order valence-corrected chi connectivity index (χ3v) is 4.24. The van der Waals surface area contributed by atoms with Crippen LogP contribution in [0.15, 0.2) is 33.5 Å². The van der Waals surface area contributed by atoms with E-state index in [9.17, 15) is 14.4 Å². The summed E-state index contributed by atoms with van der Waals surface area (Å²) in [5, 5.41) is 0.676. The lowest BCUT2D eigenvalue weighted by Gasteiger charge is -2.33. The average molecular weight is 360 g/mol. The number of ether oxygens (including phenoxy) is 3. The molecule has 0 unspecified atom stereocenters. The van der Waals surface area contributed by atoms with Crippen LogP contribution >= 0.6 is 0 Å². The molecular formula is C19H20O7. The molecule has 7 nitrogen and oxygen atoms in total. The number of carbonyl (C=O) groups excluding carboxylic acids is 2. The molecule has 1 aromatic carbocycles. The van der Waals surface area contributed by atoms with Crippen LogP contribution in [0.1, 0.15) is 45.8 Å². The molecule has 1 aromatic heterocycles. The van der Waals surface area contributed by atoms with E-state index in [4.69, 9.17) is 18.6 Å². The van der Waals surface area contributed by atoms with Crippen LogP contribution in [0.2, 0.25) is 0 Å². The number of hydrogen-bond acceptors (Lipinski definition) is 7. The number of hydrogen-bond donors (Lipinski definition) is 0. The first kappa shape index (κ1) is 18.0. The SMILES string of the molecule is CCC(=O)O[C@@H]1c2c(ccc3ccc(=O)oc23)O[C@@H]1C(C)(C)OC(C)=O. The number of carbonyl (C=O) groups is 2. The van der Waals surface area contributed by atoms with E-state index in [2.05, 4.69) is 0 Å². The van der Waals surface area contributed by atoms with Gasteiger partial charge >= 0.3 is 17.6 Å². The predicted octanol–water partition coefficient (Wildman–Crippen LogP) is 2.89. The smallest absolute Gasteiger partial charge is 0.336 e. The van der Waals surface area contributed by atoms with Crippen molar-refractivity contribution in [1.82, 2.24) is 0 Å². The van der Waals surface area contributed by atoms with Gasteiger partial charge in [0.05, 0.1) is 5.56 Å². The molecule has 26 heavy (non-hydrogen) atoms. The average Bonchev–Trinajstić information content (AvgIpc) is 2.93. The summed E-state index contributed by atoms with van der Waals surface area (Å²) in [6, 6.07) is 6.41. The van der Waals surface area contributed by atoms with Crippen molar-refractivity contribution in [2.24, 2.45) is 0 Å². The van der Waals surface area contributed by atoms with Gasteiger partial charge in [0.1, 0.15) is 16.9 Å². The van der Waals surface area contributed by atoms with Gasteiger partial charge in [-0.25, -0.2) is 4.79 Å². The Morgan fingerprint density at radius 1 is 1.19 bits per heavy atom. The quantitative estimate of drug-likeness (QED) is 0.611. The van der Waals surface area contributed by atoms with Gasteiger partial charge < -0.3 is 18.6 Å². The summed E-state index contributed by atoms with van der Waals surface area (Å²) in [4.78, 5) is 35.2. The van der Waals surface area contributed by atoms with Gasteiger partial charge in [-0.15, -0.1) is 0 Å². The Hall–Kier alpha value is -2.83. The summed E-state index contributed by atoms with van der Waals surface area (Å²) in [5.41, 5.74) is -0.836. The maximum Gasteiger partial charge on any atom is 0.336 e. The van der Waals surface area contributed by atoms with Gasteiger partial charge in [0.2, 0.25) is 0 Å². The highest BCUT2D eigenvalue weighted by Crippen LogP contribution is 2.47. The molecule has 0 radical (unpaired) electrons. The fraction of sp³-hybridized carbons (Fsp3) is 0.421. The highest BCUT2D eigenvalue weighted by Gasteiger charge is 2.49. The van der Waals surface area contributed by atoms with E-state index in [-0.39, 0.29) is 6.42 Å². The number of benzene rings is 1. The first-order valence-electron chi connectivity index (χ1n) is 8.35. The molecule has 7 heteroatoms. The highest BCUT2D eigenvalue weighted by atomic mass is 16.6. The van der Waals surface area contributed by atoms with Gasteiger partial charge in [0.25, 0.3) is 0 Å².